The Hall–Kier alpha value is -1.70. The van der Waals surface area contributed by atoms with E-state index in [1.165, 1.54) is 0 Å². The van der Waals surface area contributed by atoms with Crippen molar-refractivity contribution in [3.05, 3.63) is 42.0 Å². The molecule has 0 amide bonds. The third kappa shape index (κ3) is 3.17. The third-order valence-corrected chi connectivity index (χ3v) is 2.02. The SMILES string of the molecule is C/C=C/C=C/c1cc(OC)ccc1OC. The van der Waals surface area contributed by atoms with Crippen LogP contribution < -0.4 is 9.47 Å². The Morgan fingerprint density at radius 3 is 2.47 bits per heavy atom. The van der Waals surface area contributed by atoms with Gasteiger partial charge in [0.25, 0.3) is 0 Å². The van der Waals surface area contributed by atoms with E-state index in [2.05, 4.69) is 0 Å². The number of hydrogen-bond donors (Lipinski definition) is 0. The standard InChI is InChI=1S/C13H16O2/c1-4-5-6-7-11-10-12(14-2)8-9-13(11)15-3/h4-10H,1-3H3/b5-4+,7-6+. The van der Waals surface area contributed by atoms with Crippen LogP contribution in [0.15, 0.2) is 36.4 Å². The van der Waals surface area contributed by atoms with Crippen LogP contribution in [0.2, 0.25) is 0 Å². The van der Waals surface area contributed by atoms with Crippen LogP contribution in [0, 0.1) is 0 Å². The van der Waals surface area contributed by atoms with Gasteiger partial charge in [0.1, 0.15) is 11.5 Å². The average molecular weight is 204 g/mol. The summed E-state index contributed by atoms with van der Waals surface area (Å²) in [4.78, 5) is 0. The molecule has 0 bridgehead atoms. The van der Waals surface area contributed by atoms with E-state index < -0.39 is 0 Å². The molecular formula is C13H16O2. The molecule has 2 heteroatoms. The maximum Gasteiger partial charge on any atom is 0.126 e. The summed E-state index contributed by atoms with van der Waals surface area (Å²) in [6, 6.07) is 5.72. The van der Waals surface area contributed by atoms with Gasteiger partial charge in [-0.3, -0.25) is 0 Å². The van der Waals surface area contributed by atoms with Crippen LogP contribution in [0.3, 0.4) is 0 Å². The normalized spacial score (nSPS) is 11.1. The molecule has 2 nitrogen and oxygen atoms in total. The summed E-state index contributed by atoms with van der Waals surface area (Å²) in [6.45, 7) is 1.98. The second-order valence-corrected chi connectivity index (χ2v) is 2.99. The summed E-state index contributed by atoms with van der Waals surface area (Å²) >= 11 is 0. The van der Waals surface area contributed by atoms with Crippen LogP contribution in [0.4, 0.5) is 0 Å². The van der Waals surface area contributed by atoms with Crippen molar-refractivity contribution in [3.8, 4) is 11.5 Å². The molecule has 0 atom stereocenters. The van der Waals surface area contributed by atoms with Crippen LogP contribution in [-0.4, -0.2) is 14.2 Å². The van der Waals surface area contributed by atoms with E-state index in [9.17, 15) is 0 Å². The van der Waals surface area contributed by atoms with E-state index in [0.29, 0.717) is 0 Å². The second-order valence-electron chi connectivity index (χ2n) is 2.99. The molecular weight excluding hydrogens is 188 g/mol. The van der Waals surface area contributed by atoms with Gasteiger partial charge in [0, 0.05) is 5.56 Å². The van der Waals surface area contributed by atoms with Crippen molar-refractivity contribution >= 4 is 6.08 Å². The Morgan fingerprint density at radius 1 is 1.07 bits per heavy atom. The molecule has 0 aliphatic carbocycles. The van der Waals surface area contributed by atoms with E-state index in [1.54, 1.807) is 14.2 Å². The van der Waals surface area contributed by atoms with Crippen molar-refractivity contribution in [2.75, 3.05) is 14.2 Å². The minimum absolute atomic E-state index is 0.830. The van der Waals surface area contributed by atoms with Gasteiger partial charge in [-0.15, -0.1) is 0 Å². The van der Waals surface area contributed by atoms with Crippen molar-refractivity contribution in [2.45, 2.75) is 6.92 Å². The van der Waals surface area contributed by atoms with Crippen LogP contribution >= 0.6 is 0 Å². The number of benzene rings is 1. The first-order chi connectivity index (χ1) is 7.31. The molecule has 0 unspecified atom stereocenters. The zero-order valence-corrected chi connectivity index (χ0v) is 9.36. The van der Waals surface area contributed by atoms with Crippen molar-refractivity contribution in [3.63, 3.8) is 0 Å². The van der Waals surface area contributed by atoms with Gasteiger partial charge in [0.05, 0.1) is 14.2 Å². The molecule has 1 aromatic rings. The fourth-order valence-corrected chi connectivity index (χ4v) is 1.24. The quantitative estimate of drug-likeness (QED) is 0.701. The van der Waals surface area contributed by atoms with Gasteiger partial charge in [-0.2, -0.15) is 0 Å². The molecule has 0 saturated heterocycles. The van der Waals surface area contributed by atoms with E-state index in [1.807, 2.05) is 49.4 Å². The number of allylic oxidation sites excluding steroid dienone is 3. The number of ether oxygens (including phenoxy) is 2. The van der Waals surface area contributed by atoms with Gasteiger partial charge >= 0.3 is 0 Å². The van der Waals surface area contributed by atoms with E-state index >= 15 is 0 Å². The van der Waals surface area contributed by atoms with Crippen LogP contribution in [0.5, 0.6) is 11.5 Å². The minimum Gasteiger partial charge on any atom is -0.497 e. The molecule has 0 saturated carbocycles. The molecule has 0 spiro atoms. The van der Waals surface area contributed by atoms with Gasteiger partial charge in [-0.1, -0.05) is 24.3 Å². The molecule has 0 radical (unpaired) electrons. The van der Waals surface area contributed by atoms with Gasteiger partial charge in [0.15, 0.2) is 0 Å². The molecule has 0 aliphatic rings. The topological polar surface area (TPSA) is 18.5 Å². The number of methoxy groups -OCH3 is 2. The Morgan fingerprint density at radius 2 is 1.87 bits per heavy atom. The molecule has 15 heavy (non-hydrogen) atoms. The third-order valence-electron chi connectivity index (χ3n) is 2.02. The molecule has 0 aromatic heterocycles. The smallest absolute Gasteiger partial charge is 0.126 e. The monoisotopic (exact) mass is 204 g/mol. The zero-order chi connectivity index (χ0) is 11.1. The minimum atomic E-state index is 0.830. The summed E-state index contributed by atoms with van der Waals surface area (Å²) in [5.41, 5.74) is 1.01. The second kappa shape index (κ2) is 5.91. The van der Waals surface area contributed by atoms with Crippen molar-refractivity contribution in [2.24, 2.45) is 0 Å². The molecule has 0 fully saturated rings. The van der Waals surface area contributed by atoms with Gasteiger partial charge in [0.2, 0.25) is 0 Å². The lowest BCUT2D eigenvalue weighted by Gasteiger charge is -2.06. The molecule has 80 valence electrons. The van der Waals surface area contributed by atoms with E-state index in [-0.39, 0.29) is 0 Å². The Kier molecular flexibility index (Phi) is 4.48. The maximum atomic E-state index is 5.24. The number of rotatable bonds is 4. The first kappa shape index (κ1) is 11.4. The summed E-state index contributed by atoms with van der Waals surface area (Å²) < 4.78 is 10.4. The Bertz CT molecular complexity index is 365. The predicted octanol–water partition coefficient (Wildman–Crippen LogP) is 3.29. The first-order valence-electron chi connectivity index (χ1n) is 4.83. The van der Waals surface area contributed by atoms with Crippen LogP contribution in [-0.2, 0) is 0 Å². The Balaban J connectivity index is 3.00. The highest BCUT2D eigenvalue weighted by Crippen LogP contribution is 2.24. The summed E-state index contributed by atoms with van der Waals surface area (Å²) in [5.74, 6) is 1.67. The fraction of sp³-hybridized carbons (Fsp3) is 0.231. The van der Waals surface area contributed by atoms with Gasteiger partial charge < -0.3 is 9.47 Å². The highest BCUT2D eigenvalue weighted by atomic mass is 16.5. The number of hydrogen-bond acceptors (Lipinski definition) is 2. The van der Waals surface area contributed by atoms with Crippen molar-refractivity contribution in [1.29, 1.82) is 0 Å². The van der Waals surface area contributed by atoms with Gasteiger partial charge in [-0.25, -0.2) is 0 Å². The zero-order valence-electron chi connectivity index (χ0n) is 9.36. The van der Waals surface area contributed by atoms with Crippen LogP contribution in [0.1, 0.15) is 12.5 Å². The highest BCUT2D eigenvalue weighted by Gasteiger charge is 2.00. The Labute approximate surface area is 90.8 Å². The molecule has 0 heterocycles. The molecule has 0 N–H and O–H groups in total. The molecule has 1 aromatic carbocycles. The van der Waals surface area contributed by atoms with Crippen LogP contribution in [0.25, 0.3) is 6.08 Å². The maximum absolute atomic E-state index is 5.24. The largest absolute Gasteiger partial charge is 0.497 e. The van der Waals surface area contributed by atoms with E-state index in [4.69, 9.17) is 9.47 Å². The van der Waals surface area contributed by atoms with Gasteiger partial charge in [-0.05, 0) is 25.1 Å². The lowest BCUT2D eigenvalue weighted by atomic mass is 10.1. The van der Waals surface area contributed by atoms with Crippen molar-refractivity contribution < 1.29 is 9.47 Å². The average Bonchev–Trinajstić information content (AvgIpc) is 2.29. The fourth-order valence-electron chi connectivity index (χ4n) is 1.24. The van der Waals surface area contributed by atoms with E-state index in [0.717, 1.165) is 17.1 Å². The summed E-state index contributed by atoms with van der Waals surface area (Å²) in [5, 5.41) is 0. The molecule has 1 rings (SSSR count). The molecule has 0 aliphatic heterocycles. The predicted molar refractivity (Wildman–Crippen MR) is 63.4 cm³/mol. The van der Waals surface area contributed by atoms with Crippen molar-refractivity contribution in [1.82, 2.24) is 0 Å². The lowest BCUT2D eigenvalue weighted by Crippen LogP contribution is -1.89. The lowest BCUT2D eigenvalue weighted by molar-refractivity contribution is 0.402. The first-order valence-corrected chi connectivity index (χ1v) is 4.83. The highest BCUT2D eigenvalue weighted by molar-refractivity contribution is 5.60. The summed E-state index contributed by atoms with van der Waals surface area (Å²) in [6.07, 6.45) is 7.90. The summed E-state index contributed by atoms with van der Waals surface area (Å²) in [7, 11) is 3.32.